The number of fused-ring (bicyclic) bond motifs is 3. The highest BCUT2D eigenvalue weighted by Gasteiger charge is 2.06. The molecule has 1 aromatic heterocycles. The predicted molar refractivity (Wildman–Crippen MR) is 70.0 cm³/mol. The third kappa shape index (κ3) is 1.27. The summed E-state index contributed by atoms with van der Waals surface area (Å²) in [6, 6.07) is 14.8. The van der Waals surface area contributed by atoms with Crippen LogP contribution >= 0.6 is 0 Å². The van der Waals surface area contributed by atoms with E-state index in [4.69, 9.17) is 0 Å². The van der Waals surface area contributed by atoms with Gasteiger partial charge in [0.1, 0.15) is 0 Å². The van der Waals surface area contributed by atoms with Crippen molar-refractivity contribution in [1.82, 2.24) is 4.98 Å². The third-order valence-electron chi connectivity index (χ3n) is 2.90. The molecule has 0 saturated carbocycles. The summed E-state index contributed by atoms with van der Waals surface area (Å²) in [6.07, 6.45) is 0. The highest BCUT2D eigenvalue weighted by atomic mass is 14.9. The average Bonchev–Trinajstić information content (AvgIpc) is 2.68. The Morgan fingerprint density at radius 1 is 1.00 bits per heavy atom. The van der Waals surface area contributed by atoms with Gasteiger partial charge in [-0.05, 0) is 25.1 Å². The molecular formula is C14H14N2. The number of anilines is 1. The summed E-state index contributed by atoms with van der Waals surface area (Å²) < 4.78 is 0. The van der Waals surface area contributed by atoms with Gasteiger partial charge in [-0.2, -0.15) is 0 Å². The first kappa shape index (κ1) is 9.28. The largest absolute Gasteiger partial charge is 0.385 e. The van der Waals surface area contributed by atoms with Gasteiger partial charge in [-0.1, -0.05) is 24.3 Å². The van der Waals surface area contributed by atoms with Crippen LogP contribution in [0, 0.1) is 0 Å². The molecular weight excluding hydrogens is 196 g/mol. The Hall–Kier alpha value is -1.96. The van der Waals surface area contributed by atoms with Crippen LogP contribution in [0.1, 0.15) is 6.92 Å². The van der Waals surface area contributed by atoms with Crippen molar-refractivity contribution in [3.8, 4) is 0 Å². The molecule has 16 heavy (non-hydrogen) atoms. The number of hydrogen-bond donors (Lipinski definition) is 2. The molecule has 0 unspecified atom stereocenters. The number of rotatable bonds is 2. The van der Waals surface area contributed by atoms with Crippen molar-refractivity contribution in [3.05, 3.63) is 42.5 Å². The predicted octanol–water partition coefficient (Wildman–Crippen LogP) is 3.75. The zero-order valence-corrected chi connectivity index (χ0v) is 9.25. The fourth-order valence-corrected chi connectivity index (χ4v) is 2.24. The van der Waals surface area contributed by atoms with Crippen molar-refractivity contribution in [3.63, 3.8) is 0 Å². The van der Waals surface area contributed by atoms with Gasteiger partial charge in [-0.25, -0.2) is 0 Å². The number of hydrogen-bond acceptors (Lipinski definition) is 1. The molecule has 0 atom stereocenters. The van der Waals surface area contributed by atoms with E-state index < -0.39 is 0 Å². The molecule has 0 aliphatic rings. The minimum Gasteiger partial charge on any atom is -0.385 e. The summed E-state index contributed by atoms with van der Waals surface area (Å²) in [6.45, 7) is 3.06. The monoisotopic (exact) mass is 210 g/mol. The SMILES string of the molecule is CCNc1cccc2[nH]c3ccccc3c12. The van der Waals surface area contributed by atoms with E-state index in [1.165, 1.54) is 27.5 Å². The summed E-state index contributed by atoms with van der Waals surface area (Å²) in [5, 5.41) is 5.99. The average molecular weight is 210 g/mol. The second-order valence-electron chi connectivity index (χ2n) is 3.93. The maximum Gasteiger partial charge on any atom is 0.0485 e. The summed E-state index contributed by atoms with van der Waals surface area (Å²) >= 11 is 0. The van der Waals surface area contributed by atoms with Crippen molar-refractivity contribution in [2.75, 3.05) is 11.9 Å². The van der Waals surface area contributed by atoms with Gasteiger partial charge < -0.3 is 10.3 Å². The normalized spacial score (nSPS) is 11.1. The smallest absolute Gasteiger partial charge is 0.0485 e. The molecule has 0 bridgehead atoms. The zero-order valence-electron chi connectivity index (χ0n) is 9.25. The summed E-state index contributed by atoms with van der Waals surface area (Å²) in [5.41, 5.74) is 3.60. The fraction of sp³-hybridized carbons (Fsp3) is 0.143. The van der Waals surface area contributed by atoms with Crippen molar-refractivity contribution in [1.29, 1.82) is 0 Å². The molecule has 3 aromatic rings. The van der Waals surface area contributed by atoms with E-state index in [-0.39, 0.29) is 0 Å². The van der Waals surface area contributed by atoms with Crippen LogP contribution in [-0.4, -0.2) is 11.5 Å². The van der Waals surface area contributed by atoms with Gasteiger partial charge in [0.15, 0.2) is 0 Å². The lowest BCUT2D eigenvalue weighted by molar-refractivity contribution is 1.22. The van der Waals surface area contributed by atoms with E-state index in [2.05, 4.69) is 59.7 Å². The van der Waals surface area contributed by atoms with Crippen LogP contribution in [0.25, 0.3) is 21.8 Å². The molecule has 0 aliphatic carbocycles. The molecule has 1 heterocycles. The first-order chi connectivity index (χ1) is 7.90. The topological polar surface area (TPSA) is 27.8 Å². The molecule has 2 nitrogen and oxygen atoms in total. The zero-order chi connectivity index (χ0) is 11.0. The van der Waals surface area contributed by atoms with Crippen molar-refractivity contribution >= 4 is 27.5 Å². The Morgan fingerprint density at radius 2 is 1.81 bits per heavy atom. The lowest BCUT2D eigenvalue weighted by Crippen LogP contribution is -1.96. The van der Waals surface area contributed by atoms with Crippen LogP contribution in [0.15, 0.2) is 42.5 Å². The Bertz CT molecular complexity index is 637. The molecule has 0 aliphatic heterocycles. The molecule has 80 valence electrons. The van der Waals surface area contributed by atoms with Crippen LogP contribution in [0.5, 0.6) is 0 Å². The van der Waals surface area contributed by atoms with E-state index in [0.29, 0.717) is 0 Å². The minimum absolute atomic E-state index is 0.943. The van der Waals surface area contributed by atoms with E-state index in [1.54, 1.807) is 0 Å². The maximum atomic E-state index is 3.44. The standard InChI is InChI=1S/C14H14N2/c1-2-15-12-8-5-9-13-14(12)10-6-3-4-7-11(10)16-13/h3-9,15-16H,2H2,1H3. The van der Waals surface area contributed by atoms with Gasteiger partial charge in [0.05, 0.1) is 0 Å². The highest BCUT2D eigenvalue weighted by Crippen LogP contribution is 2.31. The molecule has 0 fully saturated rings. The molecule has 0 radical (unpaired) electrons. The Balaban J connectivity index is 2.43. The van der Waals surface area contributed by atoms with E-state index in [1.807, 2.05) is 0 Å². The van der Waals surface area contributed by atoms with Gasteiger partial charge in [-0.15, -0.1) is 0 Å². The number of aromatic nitrogens is 1. The first-order valence-electron chi connectivity index (χ1n) is 5.63. The van der Waals surface area contributed by atoms with Gasteiger partial charge >= 0.3 is 0 Å². The number of H-pyrrole nitrogens is 1. The van der Waals surface area contributed by atoms with Gasteiger partial charge in [0.2, 0.25) is 0 Å². The van der Waals surface area contributed by atoms with Gasteiger partial charge in [0, 0.05) is 34.0 Å². The third-order valence-corrected chi connectivity index (χ3v) is 2.90. The summed E-state index contributed by atoms with van der Waals surface area (Å²) in [7, 11) is 0. The van der Waals surface area contributed by atoms with Crippen LogP contribution < -0.4 is 5.32 Å². The van der Waals surface area contributed by atoms with Crippen LogP contribution in [0.2, 0.25) is 0 Å². The van der Waals surface area contributed by atoms with E-state index in [0.717, 1.165) is 6.54 Å². The van der Waals surface area contributed by atoms with Crippen molar-refractivity contribution in [2.24, 2.45) is 0 Å². The van der Waals surface area contributed by atoms with Crippen molar-refractivity contribution < 1.29 is 0 Å². The maximum absolute atomic E-state index is 3.44. The van der Waals surface area contributed by atoms with Crippen molar-refractivity contribution in [2.45, 2.75) is 6.92 Å². The minimum atomic E-state index is 0.943. The number of aromatic amines is 1. The second kappa shape index (κ2) is 3.56. The number of nitrogens with one attached hydrogen (secondary N) is 2. The van der Waals surface area contributed by atoms with Gasteiger partial charge in [-0.3, -0.25) is 0 Å². The molecule has 0 amide bonds. The lowest BCUT2D eigenvalue weighted by atomic mass is 10.1. The molecule has 2 aromatic carbocycles. The molecule has 0 saturated heterocycles. The fourth-order valence-electron chi connectivity index (χ4n) is 2.24. The van der Waals surface area contributed by atoms with Gasteiger partial charge in [0.25, 0.3) is 0 Å². The van der Waals surface area contributed by atoms with E-state index >= 15 is 0 Å². The lowest BCUT2D eigenvalue weighted by Gasteiger charge is -2.04. The molecule has 0 spiro atoms. The number of benzene rings is 2. The first-order valence-corrected chi connectivity index (χ1v) is 5.63. The molecule has 3 rings (SSSR count). The Morgan fingerprint density at radius 3 is 2.69 bits per heavy atom. The number of para-hydroxylation sites is 1. The summed E-state index contributed by atoms with van der Waals surface area (Å²) in [4.78, 5) is 3.44. The quantitative estimate of drug-likeness (QED) is 0.662. The Labute approximate surface area is 94.3 Å². The van der Waals surface area contributed by atoms with Crippen LogP contribution in [-0.2, 0) is 0 Å². The molecule has 2 heteroatoms. The highest BCUT2D eigenvalue weighted by molar-refractivity contribution is 6.13. The second-order valence-corrected chi connectivity index (χ2v) is 3.93. The summed E-state index contributed by atoms with van der Waals surface area (Å²) in [5.74, 6) is 0. The van der Waals surface area contributed by atoms with Crippen LogP contribution in [0.3, 0.4) is 0 Å². The molecule has 2 N–H and O–H groups in total. The Kier molecular flexibility index (Phi) is 2.07. The van der Waals surface area contributed by atoms with Crippen LogP contribution in [0.4, 0.5) is 5.69 Å². The van der Waals surface area contributed by atoms with E-state index in [9.17, 15) is 0 Å².